The first-order valence-electron chi connectivity index (χ1n) is 6.08. The van der Waals surface area contributed by atoms with Gasteiger partial charge in [0, 0.05) is 30.9 Å². The van der Waals surface area contributed by atoms with E-state index in [1.165, 1.54) is 11.3 Å². The number of aromatic amines is 1. The molecule has 18 heavy (non-hydrogen) atoms. The summed E-state index contributed by atoms with van der Waals surface area (Å²) in [5.74, 6) is 1.51. The van der Waals surface area contributed by atoms with E-state index >= 15 is 0 Å². The molecule has 0 radical (unpaired) electrons. The van der Waals surface area contributed by atoms with Gasteiger partial charge in [-0.15, -0.1) is 11.3 Å². The van der Waals surface area contributed by atoms with Crippen molar-refractivity contribution in [2.45, 2.75) is 19.3 Å². The van der Waals surface area contributed by atoms with Crippen LogP contribution in [0.5, 0.6) is 0 Å². The fourth-order valence-corrected chi connectivity index (χ4v) is 3.06. The molecule has 1 saturated heterocycles. The number of nitrogens with one attached hydrogen (secondary N) is 1. The maximum atomic E-state index is 12.2. The average molecular weight is 261 g/mol. The smallest absolute Gasteiger partial charge is 0.263 e. The van der Waals surface area contributed by atoms with Crippen LogP contribution in [0.25, 0.3) is 0 Å². The molecule has 3 rings (SSSR count). The molecule has 0 spiro atoms. The first-order valence-corrected chi connectivity index (χ1v) is 6.96. The highest BCUT2D eigenvalue weighted by molar-refractivity contribution is 7.12. The van der Waals surface area contributed by atoms with Crippen LogP contribution < -0.4 is 0 Å². The van der Waals surface area contributed by atoms with Crippen molar-refractivity contribution in [3.63, 3.8) is 0 Å². The van der Waals surface area contributed by atoms with E-state index in [1.807, 2.05) is 35.5 Å². The predicted molar refractivity (Wildman–Crippen MR) is 70.9 cm³/mol. The third-order valence-corrected chi connectivity index (χ3v) is 4.17. The molecule has 2 aromatic rings. The Morgan fingerprint density at radius 1 is 1.61 bits per heavy atom. The third-order valence-electron chi connectivity index (χ3n) is 3.32. The lowest BCUT2D eigenvalue weighted by Crippen LogP contribution is -2.27. The number of rotatable bonds is 2. The van der Waals surface area contributed by atoms with Crippen LogP contribution in [0.3, 0.4) is 0 Å². The lowest BCUT2D eigenvalue weighted by Gasteiger charge is -2.14. The summed E-state index contributed by atoms with van der Waals surface area (Å²) in [6.07, 6.45) is 2.84. The van der Waals surface area contributed by atoms with Gasteiger partial charge in [0.1, 0.15) is 5.82 Å². The second-order valence-electron chi connectivity index (χ2n) is 4.67. The van der Waals surface area contributed by atoms with E-state index in [4.69, 9.17) is 0 Å². The number of nitrogens with zero attached hydrogens (tertiary/aromatic N) is 2. The fraction of sp³-hybridized carbons (Fsp3) is 0.385. The number of amides is 1. The first-order chi connectivity index (χ1) is 8.74. The Balaban J connectivity index is 1.70. The normalized spacial score (nSPS) is 19.4. The summed E-state index contributed by atoms with van der Waals surface area (Å²) in [6.45, 7) is 3.59. The molecule has 4 nitrogen and oxygen atoms in total. The molecule has 1 aliphatic heterocycles. The summed E-state index contributed by atoms with van der Waals surface area (Å²) in [6, 6.07) is 3.80. The number of carbonyl (C=O) groups excluding carboxylic acids is 1. The molecule has 0 aromatic carbocycles. The first kappa shape index (κ1) is 11.5. The number of hydrogen-bond donors (Lipinski definition) is 1. The van der Waals surface area contributed by atoms with E-state index < -0.39 is 0 Å². The number of aromatic nitrogens is 2. The number of likely N-dealkylation sites (tertiary alicyclic amines) is 1. The number of carbonyl (C=O) groups is 1. The number of thiophene rings is 1. The molecule has 1 amide bonds. The van der Waals surface area contributed by atoms with Gasteiger partial charge in [-0.25, -0.2) is 4.98 Å². The van der Waals surface area contributed by atoms with E-state index in [1.54, 1.807) is 0 Å². The Hall–Kier alpha value is -1.62. The van der Waals surface area contributed by atoms with Gasteiger partial charge in [0.25, 0.3) is 5.91 Å². The highest BCUT2D eigenvalue weighted by Crippen LogP contribution is 2.26. The minimum Gasteiger partial charge on any atom is -0.346 e. The zero-order chi connectivity index (χ0) is 12.5. The Morgan fingerprint density at radius 2 is 2.50 bits per heavy atom. The van der Waals surface area contributed by atoms with E-state index in [0.717, 1.165) is 35.9 Å². The summed E-state index contributed by atoms with van der Waals surface area (Å²) in [4.78, 5) is 22.6. The van der Waals surface area contributed by atoms with Crippen LogP contribution >= 0.6 is 11.3 Å². The third kappa shape index (κ3) is 2.06. The molecule has 1 atom stereocenters. The van der Waals surface area contributed by atoms with Crippen molar-refractivity contribution in [1.29, 1.82) is 0 Å². The molecule has 2 aromatic heterocycles. The summed E-state index contributed by atoms with van der Waals surface area (Å²) in [5, 5.41) is 1.94. The Morgan fingerprint density at radius 3 is 3.17 bits per heavy atom. The summed E-state index contributed by atoms with van der Waals surface area (Å²) in [7, 11) is 0. The molecule has 0 unspecified atom stereocenters. The van der Waals surface area contributed by atoms with Crippen molar-refractivity contribution in [3.05, 3.63) is 40.1 Å². The predicted octanol–water partition coefficient (Wildman–Crippen LogP) is 2.41. The van der Waals surface area contributed by atoms with Crippen molar-refractivity contribution in [2.75, 3.05) is 13.1 Å². The maximum Gasteiger partial charge on any atom is 0.263 e. The summed E-state index contributed by atoms with van der Waals surface area (Å²) in [5.41, 5.74) is 1.08. The number of aryl methyl sites for hydroxylation is 1. The van der Waals surface area contributed by atoms with Gasteiger partial charge in [0.05, 0.1) is 4.88 Å². The van der Waals surface area contributed by atoms with Crippen LogP contribution in [0, 0.1) is 6.92 Å². The molecule has 3 heterocycles. The van der Waals surface area contributed by atoms with E-state index in [2.05, 4.69) is 9.97 Å². The van der Waals surface area contributed by atoms with Gasteiger partial charge in [-0.3, -0.25) is 4.79 Å². The van der Waals surface area contributed by atoms with Crippen molar-refractivity contribution in [3.8, 4) is 0 Å². The molecule has 94 valence electrons. The van der Waals surface area contributed by atoms with Crippen molar-refractivity contribution >= 4 is 17.2 Å². The van der Waals surface area contributed by atoms with E-state index in [9.17, 15) is 4.79 Å². The molecule has 0 saturated carbocycles. The van der Waals surface area contributed by atoms with Gasteiger partial charge >= 0.3 is 0 Å². The van der Waals surface area contributed by atoms with Crippen LogP contribution in [0.4, 0.5) is 0 Å². The zero-order valence-electron chi connectivity index (χ0n) is 10.2. The number of H-pyrrole nitrogens is 1. The lowest BCUT2D eigenvalue weighted by atomic mass is 10.1. The number of imidazole rings is 1. The van der Waals surface area contributed by atoms with Crippen LogP contribution in [0.2, 0.25) is 0 Å². The van der Waals surface area contributed by atoms with Crippen LogP contribution in [0.15, 0.2) is 23.7 Å². The Bertz CT molecular complexity index is 546. The quantitative estimate of drug-likeness (QED) is 0.902. The van der Waals surface area contributed by atoms with Gasteiger partial charge in [-0.2, -0.15) is 0 Å². The van der Waals surface area contributed by atoms with E-state index in [0.29, 0.717) is 5.92 Å². The van der Waals surface area contributed by atoms with Gasteiger partial charge in [-0.05, 0) is 24.8 Å². The molecule has 0 bridgehead atoms. The summed E-state index contributed by atoms with van der Waals surface area (Å²) < 4.78 is 0. The fourth-order valence-electron chi connectivity index (χ4n) is 2.36. The average Bonchev–Trinajstić information content (AvgIpc) is 3.09. The van der Waals surface area contributed by atoms with Gasteiger partial charge in [0.15, 0.2) is 0 Å². The molecular weight excluding hydrogens is 246 g/mol. The second kappa shape index (κ2) is 4.57. The topological polar surface area (TPSA) is 49.0 Å². The maximum absolute atomic E-state index is 12.2. The van der Waals surface area contributed by atoms with Gasteiger partial charge < -0.3 is 9.88 Å². The monoisotopic (exact) mass is 261 g/mol. The summed E-state index contributed by atoms with van der Waals surface area (Å²) >= 11 is 1.50. The second-order valence-corrected chi connectivity index (χ2v) is 5.61. The molecule has 0 aliphatic carbocycles. The standard InChI is InChI=1S/C13H15N3OS/c1-9-7-14-12(15-9)10-4-5-16(8-10)13(17)11-3-2-6-18-11/h2-3,6-7,10H,4-5,8H2,1H3,(H,14,15)/t10-/m1/s1. The zero-order valence-corrected chi connectivity index (χ0v) is 11.0. The largest absolute Gasteiger partial charge is 0.346 e. The van der Waals surface area contributed by atoms with Crippen LogP contribution in [-0.4, -0.2) is 33.9 Å². The van der Waals surface area contributed by atoms with Gasteiger partial charge in [-0.1, -0.05) is 6.07 Å². The van der Waals surface area contributed by atoms with Crippen LogP contribution in [0.1, 0.15) is 33.5 Å². The highest BCUT2D eigenvalue weighted by Gasteiger charge is 2.29. The molecular formula is C13H15N3OS. The SMILES string of the molecule is Cc1cnc([C@@H]2CCN(C(=O)c3cccs3)C2)[nH]1. The Labute approximate surface area is 110 Å². The number of hydrogen-bond acceptors (Lipinski definition) is 3. The van der Waals surface area contributed by atoms with Gasteiger partial charge in [0.2, 0.25) is 0 Å². The van der Waals surface area contributed by atoms with Crippen molar-refractivity contribution < 1.29 is 4.79 Å². The molecule has 1 N–H and O–H groups in total. The van der Waals surface area contributed by atoms with Crippen LogP contribution in [-0.2, 0) is 0 Å². The van der Waals surface area contributed by atoms with E-state index in [-0.39, 0.29) is 5.91 Å². The van der Waals surface area contributed by atoms with Crippen molar-refractivity contribution in [1.82, 2.24) is 14.9 Å². The lowest BCUT2D eigenvalue weighted by molar-refractivity contribution is 0.0795. The molecule has 1 aliphatic rings. The molecule has 5 heteroatoms. The van der Waals surface area contributed by atoms with Crippen molar-refractivity contribution in [2.24, 2.45) is 0 Å². The Kier molecular flexibility index (Phi) is 2.91. The minimum absolute atomic E-state index is 0.149. The molecule has 1 fully saturated rings. The highest BCUT2D eigenvalue weighted by atomic mass is 32.1. The minimum atomic E-state index is 0.149.